The molecule has 4 aromatic carbocycles. The zero-order valence-corrected chi connectivity index (χ0v) is 32.5. The minimum absolute atomic E-state index is 0.241. The summed E-state index contributed by atoms with van der Waals surface area (Å²) in [5.41, 5.74) is 18.1. The first-order chi connectivity index (χ1) is 27.0. The molecule has 1 aliphatic heterocycles. The normalized spacial score (nSPS) is 20.5. The molecule has 6 rings (SSSR count). The van der Waals surface area contributed by atoms with Gasteiger partial charge in [0.15, 0.2) is 0 Å². The second-order valence-electron chi connectivity index (χ2n) is 14.7. The molecule has 4 unspecified atom stereocenters. The summed E-state index contributed by atoms with van der Waals surface area (Å²) in [5.74, 6) is 0.0875. The number of rotatable bonds is 12. The first-order valence-corrected chi connectivity index (χ1v) is 19.2. The van der Waals surface area contributed by atoms with E-state index in [9.17, 15) is 19.2 Å². The highest BCUT2D eigenvalue weighted by molar-refractivity contribution is 5.99. The average molecular weight is 761 g/mol. The number of fused-ring (bicyclic) bond motifs is 5. The van der Waals surface area contributed by atoms with E-state index in [1.54, 1.807) is 25.1 Å². The van der Waals surface area contributed by atoms with Crippen molar-refractivity contribution in [3.05, 3.63) is 118 Å². The Hall–Kier alpha value is -5.72. The van der Waals surface area contributed by atoms with Gasteiger partial charge in [0.05, 0.1) is 6.54 Å². The Morgan fingerprint density at radius 2 is 1.43 bits per heavy atom. The van der Waals surface area contributed by atoms with Crippen molar-refractivity contribution in [1.29, 1.82) is 0 Å². The second kappa shape index (κ2) is 17.8. The topological polar surface area (TPSA) is 178 Å². The van der Waals surface area contributed by atoms with E-state index < -0.39 is 29.8 Å². The molecule has 1 aliphatic carbocycles. The summed E-state index contributed by atoms with van der Waals surface area (Å²) >= 11 is 0. The van der Waals surface area contributed by atoms with Crippen molar-refractivity contribution in [2.24, 2.45) is 11.5 Å². The van der Waals surface area contributed by atoms with Gasteiger partial charge in [-0.3, -0.25) is 19.2 Å². The fourth-order valence-electron chi connectivity index (χ4n) is 7.44. The van der Waals surface area contributed by atoms with Gasteiger partial charge in [-0.1, -0.05) is 54.6 Å². The predicted octanol–water partition coefficient (Wildman–Crippen LogP) is 4.10. The molecule has 4 bridgehead atoms. The van der Waals surface area contributed by atoms with Crippen molar-refractivity contribution in [2.75, 3.05) is 39.9 Å². The standard InChI is InChI=1S/C44H52N6O6/c1-26-20-31(35-24-34(35)30-8-6-5-7-9-30)11-13-33(26)43(53)47-25-40(51)50(4)41-32-12-15-39(56-19-17-46)37(23-32)36-22-29(10-14-38(36)55-18-16-45)21-27(2)48-42(52)28(3)49-44(41)54/h5-15,20,22-23,27-28,34-35,41H,16-19,21,24-25,45-46H2,1-4H3,(H,47,53)(H,48,52)(H,49,54)/t27?,28-,34?,35?,41?/m0/s1. The summed E-state index contributed by atoms with van der Waals surface area (Å²) in [6, 6.07) is 24.9. The summed E-state index contributed by atoms with van der Waals surface area (Å²) in [6.45, 7) is 6.10. The number of aryl methyl sites for hydroxylation is 1. The Morgan fingerprint density at radius 3 is 2.11 bits per heavy atom. The molecule has 1 heterocycles. The van der Waals surface area contributed by atoms with E-state index in [0.717, 1.165) is 17.5 Å². The summed E-state index contributed by atoms with van der Waals surface area (Å²) < 4.78 is 12.2. The van der Waals surface area contributed by atoms with Crippen LogP contribution in [0.1, 0.15) is 76.3 Å². The predicted molar refractivity (Wildman–Crippen MR) is 215 cm³/mol. The molecule has 4 aromatic rings. The van der Waals surface area contributed by atoms with Gasteiger partial charge in [0.2, 0.25) is 17.7 Å². The van der Waals surface area contributed by atoms with Crippen molar-refractivity contribution >= 4 is 23.6 Å². The van der Waals surface area contributed by atoms with Crippen LogP contribution in [0, 0.1) is 6.92 Å². The van der Waals surface area contributed by atoms with Gasteiger partial charge in [-0.15, -0.1) is 0 Å². The van der Waals surface area contributed by atoms with Crippen LogP contribution in [0.2, 0.25) is 0 Å². The number of nitrogens with one attached hydrogen (secondary N) is 3. The summed E-state index contributed by atoms with van der Waals surface area (Å²) in [5, 5.41) is 8.55. The Kier molecular flexibility index (Phi) is 12.7. The van der Waals surface area contributed by atoms with Gasteiger partial charge in [-0.2, -0.15) is 0 Å². The zero-order chi connectivity index (χ0) is 39.9. The minimum atomic E-state index is -1.19. The van der Waals surface area contributed by atoms with Crippen molar-refractivity contribution in [3.8, 4) is 22.6 Å². The molecular weight excluding hydrogens is 709 g/mol. The smallest absolute Gasteiger partial charge is 0.251 e. The van der Waals surface area contributed by atoms with E-state index in [0.29, 0.717) is 58.6 Å². The van der Waals surface area contributed by atoms with Crippen LogP contribution in [0.4, 0.5) is 0 Å². The molecule has 12 nitrogen and oxygen atoms in total. The van der Waals surface area contributed by atoms with Crippen molar-refractivity contribution < 1.29 is 28.7 Å². The molecule has 0 aromatic heterocycles. The molecule has 0 radical (unpaired) electrons. The van der Waals surface area contributed by atoms with Gasteiger partial charge in [0, 0.05) is 42.9 Å². The number of nitrogens with zero attached hydrogens (tertiary/aromatic N) is 1. The van der Waals surface area contributed by atoms with Crippen LogP contribution in [-0.2, 0) is 20.8 Å². The third kappa shape index (κ3) is 9.21. The number of amides is 4. The lowest BCUT2D eigenvalue weighted by Crippen LogP contribution is -2.52. The van der Waals surface area contributed by atoms with Crippen LogP contribution in [0.5, 0.6) is 11.5 Å². The average Bonchev–Trinajstić information content (AvgIpc) is 4.00. The van der Waals surface area contributed by atoms with Gasteiger partial charge >= 0.3 is 0 Å². The van der Waals surface area contributed by atoms with Crippen molar-refractivity contribution in [3.63, 3.8) is 0 Å². The molecule has 12 heteroatoms. The van der Waals surface area contributed by atoms with Gasteiger partial charge in [-0.25, -0.2) is 0 Å². The van der Waals surface area contributed by atoms with Crippen LogP contribution in [-0.4, -0.2) is 80.5 Å². The molecule has 1 fully saturated rings. The second-order valence-corrected chi connectivity index (χ2v) is 14.7. The largest absolute Gasteiger partial charge is 0.492 e. The Morgan fingerprint density at radius 1 is 0.786 bits per heavy atom. The lowest BCUT2D eigenvalue weighted by molar-refractivity contribution is -0.139. The van der Waals surface area contributed by atoms with Crippen LogP contribution in [0.15, 0.2) is 84.9 Å². The van der Waals surface area contributed by atoms with Crippen LogP contribution >= 0.6 is 0 Å². The third-order valence-corrected chi connectivity index (χ3v) is 10.5. The first kappa shape index (κ1) is 40.0. The minimum Gasteiger partial charge on any atom is -0.492 e. The maximum absolute atomic E-state index is 14.2. The molecular formula is C44H52N6O6. The highest BCUT2D eigenvalue weighted by Gasteiger charge is 2.39. The fourth-order valence-corrected chi connectivity index (χ4v) is 7.44. The number of carbonyl (C=O) groups is 4. The van der Waals surface area contributed by atoms with Gasteiger partial charge in [-0.05, 0) is 104 Å². The molecule has 0 saturated heterocycles. The fraction of sp³-hybridized carbons (Fsp3) is 0.364. The number of carbonyl (C=O) groups excluding carboxylic acids is 4. The Bertz CT molecular complexity index is 2070. The number of ether oxygens (including phenoxy) is 2. The van der Waals surface area contributed by atoms with E-state index in [1.165, 1.54) is 23.1 Å². The third-order valence-electron chi connectivity index (χ3n) is 10.5. The van der Waals surface area contributed by atoms with E-state index in [2.05, 4.69) is 46.3 Å². The van der Waals surface area contributed by atoms with E-state index >= 15 is 0 Å². The molecule has 1 saturated carbocycles. The Balaban J connectivity index is 1.27. The highest BCUT2D eigenvalue weighted by Crippen LogP contribution is 2.54. The number of nitrogens with two attached hydrogens (primary N) is 2. The van der Waals surface area contributed by atoms with Crippen LogP contribution < -0.4 is 36.9 Å². The summed E-state index contributed by atoms with van der Waals surface area (Å²) in [4.78, 5) is 56.0. The van der Waals surface area contributed by atoms with Crippen molar-refractivity contribution in [1.82, 2.24) is 20.9 Å². The number of benzene rings is 4. The molecule has 2 aliphatic rings. The van der Waals surface area contributed by atoms with E-state index in [4.69, 9.17) is 20.9 Å². The maximum atomic E-state index is 14.2. The summed E-state index contributed by atoms with van der Waals surface area (Å²) in [7, 11) is 1.50. The van der Waals surface area contributed by atoms with Gasteiger partial charge in [0.25, 0.3) is 5.91 Å². The maximum Gasteiger partial charge on any atom is 0.251 e. The number of hydrogen-bond donors (Lipinski definition) is 5. The highest BCUT2D eigenvalue weighted by atomic mass is 16.5. The molecule has 56 heavy (non-hydrogen) atoms. The summed E-state index contributed by atoms with van der Waals surface area (Å²) in [6.07, 6.45) is 1.58. The monoisotopic (exact) mass is 760 g/mol. The van der Waals surface area contributed by atoms with E-state index in [-0.39, 0.29) is 38.3 Å². The molecule has 5 atom stereocenters. The molecule has 4 amide bonds. The first-order valence-electron chi connectivity index (χ1n) is 19.2. The van der Waals surface area contributed by atoms with Gasteiger partial charge < -0.3 is 41.8 Å². The van der Waals surface area contributed by atoms with Crippen LogP contribution in [0.3, 0.4) is 0 Å². The molecule has 7 N–H and O–H groups in total. The quantitative estimate of drug-likeness (QED) is 0.143. The van der Waals surface area contributed by atoms with E-state index in [1.807, 2.05) is 50.2 Å². The molecule has 294 valence electrons. The number of hydrogen-bond acceptors (Lipinski definition) is 8. The van der Waals surface area contributed by atoms with Gasteiger partial charge in [0.1, 0.15) is 36.8 Å². The van der Waals surface area contributed by atoms with Crippen LogP contribution in [0.25, 0.3) is 11.1 Å². The SMILES string of the molecule is Cc1cc(C2CC2c2ccccc2)ccc1C(=O)NCC(=O)N(C)C1C(=O)N[C@@H](C)C(=O)NC(C)Cc2ccc(OCCN)c(c2)-c2cc1ccc2OCCN. The lowest BCUT2D eigenvalue weighted by atomic mass is 9.94. The van der Waals surface area contributed by atoms with Crippen molar-refractivity contribution in [2.45, 2.75) is 63.6 Å². The Labute approximate surface area is 328 Å². The molecule has 0 spiro atoms. The number of likely N-dealkylation sites (N-methyl/N-ethyl adjacent to an activating group) is 1. The zero-order valence-electron chi connectivity index (χ0n) is 32.5. The lowest BCUT2D eigenvalue weighted by Gasteiger charge is -2.30.